The maximum atomic E-state index is 13.9. The zero-order valence-electron chi connectivity index (χ0n) is 12.0. The number of para-hydroxylation sites is 2. The maximum absolute atomic E-state index is 13.9. The van der Waals surface area contributed by atoms with Gasteiger partial charge in [0.1, 0.15) is 5.82 Å². The summed E-state index contributed by atoms with van der Waals surface area (Å²) in [4.78, 5) is 24.4. The topological polar surface area (TPSA) is 63.4 Å². The van der Waals surface area contributed by atoms with Crippen molar-refractivity contribution in [3.8, 4) is 0 Å². The molecule has 1 aliphatic rings. The molecule has 0 aliphatic carbocycles. The predicted molar refractivity (Wildman–Crippen MR) is 95.1 cm³/mol. The van der Waals surface area contributed by atoms with Gasteiger partial charge in [-0.25, -0.2) is 4.39 Å². The molecule has 1 saturated heterocycles. The first-order chi connectivity index (χ1) is 11.5. The Labute approximate surface area is 145 Å². The number of nitrogens with zero attached hydrogens (tertiary/aromatic N) is 2. The number of carbonyl (C=O) groups is 1. The Hall–Kier alpha value is -2.58. The van der Waals surface area contributed by atoms with Crippen molar-refractivity contribution >= 4 is 51.7 Å². The second-order valence-electron chi connectivity index (χ2n) is 4.78. The van der Waals surface area contributed by atoms with Gasteiger partial charge in [-0.1, -0.05) is 48.2 Å². The highest BCUT2D eigenvalue weighted by Crippen LogP contribution is 2.37. The van der Waals surface area contributed by atoms with Crippen LogP contribution in [0.15, 0.2) is 53.4 Å². The maximum Gasteiger partial charge on any atom is 0.276 e. The number of amides is 1. The van der Waals surface area contributed by atoms with Crippen LogP contribution in [0.3, 0.4) is 0 Å². The Morgan fingerprint density at radius 1 is 1.17 bits per heavy atom. The molecular formula is C16H9FN2O3S2. The molecule has 1 aliphatic heterocycles. The van der Waals surface area contributed by atoms with Crippen molar-refractivity contribution in [1.29, 1.82) is 0 Å². The first-order valence-corrected chi connectivity index (χ1v) is 7.97. The summed E-state index contributed by atoms with van der Waals surface area (Å²) in [5.41, 5.74) is 0.233. The second kappa shape index (κ2) is 6.50. The van der Waals surface area contributed by atoms with E-state index >= 15 is 0 Å². The van der Waals surface area contributed by atoms with Gasteiger partial charge in [-0.2, -0.15) is 0 Å². The number of thioether (sulfide) groups is 1. The highest BCUT2D eigenvalue weighted by atomic mass is 32.2. The van der Waals surface area contributed by atoms with E-state index in [0.29, 0.717) is 0 Å². The smallest absolute Gasteiger partial charge is 0.268 e. The van der Waals surface area contributed by atoms with E-state index in [0.717, 1.165) is 16.7 Å². The molecule has 0 unspecified atom stereocenters. The lowest BCUT2D eigenvalue weighted by atomic mass is 10.1. The zero-order valence-corrected chi connectivity index (χ0v) is 13.6. The molecule has 0 bridgehead atoms. The van der Waals surface area contributed by atoms with E-state index in [-0.39, 0.29) is 26.2 Å². The number of rotatable bonds is 3. The third-order valence-electron chi connectivity index (χ3n) is 3.31. The van der Waals surface area contributed by atoms with E-state index in [1.165, 1.54) is 36.4 Å². The summed E-state index contributed by atoms with van der Waals surface area (Å²) in [6.45, 7) is 0. The van der Waals surface area contributed by atoms with Crippen molar-refractivity contribution in [2.45, 2.75) is 0 Å². The van der Waals surface area contributed by atoms with Gasteiger partial charge >= 0.3 is 0 Å². The van der Waals surface area contributed by atoms with Crippen molar-refractivity contribution in [3.05, 3.63) is 74.9 Å². The lowest BCUT2D eigenvalue weighted by molar-refractivity contribution is -0.385. The van der Waals surface area contributed by atoms with E-state index in [9.17, 15) is 19.3 Å². The van der Waals surface area contributed by atoms with Gasteiger partial charge in [0.25, 0.3) is 11.6 Å². The molecule has 0 atom stereocenters. The average molecular weight is 360 g/mol. The fourth-order valence-corrected chi connectivity index (χ4v) is 3.50. The monoisotopic (exact) mass is 360 g/mol. The zero-order chi connectivity index (χ0) is 17.3. The van der Waals surface area contributed by atoms with Crippen molar-refractivity contribution in [3.63, 3.8) is 0 Å². The highest BCUT2D eigenvalue weighted by molar-refractivity contribution is 8.27. The molecule has 8 heteroatoms. The summed E-state index contributed by atoms with van der Waals surface area (Å²) in [5, 5.41) is 11.1. The molecule has 0 spiro atoms. The third-order valence-corrected chi connectivity index (χ3v) is 4.61. The van der Waals surface area contributed by atoms with E-state index in [4.69, 9.17) is 12.2 Å². The van der Waals surface area contributed by atoms with Crippen LogP contribution in [0.5, 0.6) is 0 Å². The second-order valence-corrected chi connectivity index (χ2v) is 6.46. The first kappa shape index (κ1) is 16.3. The minimum Gasteiger partial charge on any atom is -0.268 e. The van der Waals surface area contributed by atoms with Crippen molar-refractivity contribution in [1.82, 2.24) is 0 Å². The van der Waals surface area contributed by atoms with Crippen LogP contribution in [0.4, 0.5) is 15.8 Å². The van der Waals surface area contributed by atoms with Crippen LogP contribution < -0.4 is 4.90 Å². The molecule has 1 heterocycles. The molecule has 0 saturated carbocycles. The summed E-state index contributed by atoms with van der Waals surface area (Å²) >= 11 is 6.14. The molecule has 0 N–H and O–H groups in total. The van der Waals surface area contributed by atoms with Gasteiger partial charge in [-0.05, 0) is 24.3 Å². The van der Waals surface area contributed by atoms with Crippen LogP contribution in [0, 0.1) is 15.9 Å². The SMILES string of the molecule is O=C1/C(=C\c2ccccc2[N+](=O)[O-])SC(=S)N1c1ccccc1F. The van der Waals surface area contributed by atoms with E-state index in [2.05, 4.69) is 0 Å². The Bertz CT molecular complexity index is 898. The molecule has 3 rings (SSSR count). The molecule has 24 heavy (non-hydrogen) atoms. The van der Waals surface area contributed by atoms with Crippen LogP contribution in [0.2, 0.25) is 0 Å². The average Bonchev–Trinajstić information content (AvgIpc) is 2.82. The van der Waals surface area contributed by atoms with Gasteiger partial charge in [-0.15, -0.1) is 0 Å². The number of benzene rings is 2. The molecule has 0 aromatic heterocycles. The molecule has 5 nitrogen and oxygen atoms in total. The van der Waals surface area contributed by atoms with E-state index < -0.39 is 16.6 Å². The minimum absolute atomic E-state index is 0.0611. The fourth-order valence-electron chi connectivity index (χ4n) is 2.23. The summed E-state index contributed by atoms with van der Waals surface area (Å²) in [6.07, 6.45) is 1.40. The number of carbonyl (C=O) groups excluding carboxylic acids is 1. The molecule has 2 aromatic carbocycles. The lowest BCUT2D eigenvalue weighted by Crippen LogP contribution is -2.28. The number of nitro benzene ring substituents is 1. The number of hydrogen-bond donors (Lipinski definition) is 0. The van der Waals surface area contributed by atoms with Gasteiger partial charge in [-0.3, -0.25) is 19.8 Å². The number of nitro groups is 1. The molecule has 0 radical (unpaired) electrons. The summed E-state index contributed by atoms with van der Waals surface area (Å²) in [6, 6.07) is 11.9. The molecule has 1 amide bonds. The lowest BCUT2D eigenvalue weighted by Gasteiger charge is -2.14. The Morgan fingerprint density at radius 2 is 1.83 bits per heavy atom. The van der Waals surface area contributed by atoms with Crippen LogP contribution in [-0.4, -0.2) is 15.2 Å². The first-order valence-electron chi connectivity index (χ1n) is 6.75. The van der Waals surface area contributed by atoms with Gasteiger partial charge in [0, 0.05) is 6.07 Å². The van der Waals surface area contributed by atoms with Crippen molar-refractivity contribution < 1.29 is 14.1 Å². The number of thiocarbonyl (C=S) groups is 1. The quantitative estimate of drug-likeness (QED) is 0.356. The molecule has 1 fully saturated rings. The van der Waals surface area contributed by atoms with Crippen LogP contribution in [0.1, 0.15) is 5.56 Å². The largest absolute Gasteiger partial charge is 0.276 e. The Morgan fingerprint density at radius 3 is 2.54 bits per heavy atom. The summed E-state index contributed by atoms with van der Waals surface area (Å²) in [5.74, 6) is -1.08. The summed E-state index contributed by atoms with van der Waals surface area (Å²) in [7, 11) is 0. The van der Waals surface area contributed by atoms with E-state index in [1.807, 2.05) is 0 Å². The van der Waals surface area contributed by atoms with Crippen molar-refractivity contribution in [2.75, 3.05) is 4.90 Å². The van der Waals surface area contributed by atoms with Crippen molar-refractivity contribution in [2.24, 2.45) is 0 Å². The van der Waals surface area contributed by atoms with Gasteiger partial charge < -0.3 is 0 Å². The van der Waals surface area contributed by atoms with Crippen LogP contribution >= 0.6 is 24.0 Å². The normalized spacial score (nSPS) is 16.0. The van der Waals surface area contributed by atoms with Crippen LogP contribution in [0.25, 0.3) is 6.08 Å². The third kappa shape index (κ3) is 2.93. The molecular weight excluding hydrogens is 351 g/mol. The Kier molecular flexibility index (Phi) is 4.41. The van der Waals surface area contributed by atoms with Gasteiger partial charge in [0.15, 0.2) is 4.32 Å². The summed E-state index contributed by atoms with van der Waals surface area (Å²) < 4.78 is 14.1. The van der Waals surface area contributed by atoms with Crippen LogP contribution in [-0.2, 0) is 4.79 Å². The minimum atomic E-state index is -0.569. The molecule has 2 aromatic rings. The Balaban J connectivity index is 2.01. The standard InChI is InChI=1S/C16H9FN2O3S2/c17-11-6-2-4-8-13(11)18-15(20)14(24-16(18)23)9-10-5-1-3-7-12(10)19(21)22/h1-9H/b14-9+. The number of halogens is 1. The van der Waals surface area contributed by atoms with Gasteiger partial charge in [0.2, 0.25) is 0 Å². The van der Waals surface area contributed by atoms with Gasteiger partial charge in [0.05, 0.1) is 21.1 Å². The fraction of sp³-hybridized carbons (Fsp3) is 0. The molecule has 120 valence electrons. The number of hydrogen-bond acceptors (Lipinski definition) is 5. The number of anilines is 1. The highest BCUT2D eigenvalue weighted by Gasteiger charge is 2.35. The van der Waals surface area contributed by atoms with E-state index in [1.54, 1.807) is 18.2 Å². The predicted octanol–water partition coefficient (Wildman–Crippen LogP) is 4.14.